The summed E-state index contributed by atoms with van der Waals surface area (Å²) in [5.74, 6) is 1.01. The SMILES string of the molecule is CCC(=O)Nc1ccccc1CCc1nc2ccccc2[nH]1. The highest BCUT2D eigenvalue weighted by Gasteiger charge is 2.07. The number of hydrogen-bond acceptors (Lipinski definition) is 2. The van der Waals surface area contributed by atoms with Crippen molar-refractivity contribution < 1.29 is 4.79 Å². The summed E-state index contributed by atoms with van der Waals surface area (Å²) in [6, 6.07) is 16.0. The molecule has 1 aromatic heterocycles. The van der Waals surface area contributed by atoms with Gasteiger partial charge in [0.05, 0.1) is 11.0 Å². The highest BCUT2D eigenvalue weighted by Crippen LogP contribution is 2.18. The van der Waals surface area contributed by atoms with Crippen molar-refractivity contribution in [2.24, 2.45) is 0 Å². The lowest BCUT2D eigenvalue weighted by molar-refractivity contribution is -0.115. The smallest absolute Gasteiger partial charge is 0.224 e. The Morgan fingerprint density at radius 2 is 1.86 bits per heavy atom. The number of aromatic amines is 1. The Labute approximate surface area is 129 Å². The zero-order valence-electron chi connectivity index (χ0n) is 12.6. The Bertz CT molecular complexity index is 759. The summed E-state index contributed by atoms with van der Waals surface area (Å²) in [7, 11) is 0. The number of hydrogen-bond donors (Lipinski definition) is 2. The van der Waals surface area contributed by atoms with Crippen LogP contribution in [-0.4, -0.2) is 15.9 Å². The van der Waals surface area contributed by atoms with Gasteiger partial charge in [0, 0.05) is 18.5 Å². The summed E-state index contributed by atoms with van der Waals surface area (Å²) >= 11 is 0. The lowest BCUT2D eigenvalue weighted by Gasteiger charge is -2.09. The van der Waals surface area contributed by atoms with E-state index in [1.54, 1.807) is 0 Å². The third-order valence-corrected chi connectivity index (χ3v) is 3.68. The minimum Gasteiger partial charge on any atom is -0.342 e. The van der Waals surface area contributed by atoms with Crippen molar-refractivity contribution in [2.75, 3.05) is 5.32 Å². The molecule has 0 radical (unpaired) electrons. The van der Waals surface area contributed by atoms with E-state index < -0.39 is 0 Å². The normalized spacial score (nSPS) is 10.8. The second kappa shape index (κ2) is 6.43. The molecule has 4 nitrogen and oxygen atoms in total. The fourth-order valence-corrected chi connectivity index (χ4v) is 2.48. The van der Waals surface area contributed by atoms with Gasteiger partial charge in [0.25, 0.3) is 0 Å². The second-order valence-electron chi connectivity index (χ2n) is 5.26. The standard InChI is InChI=1S/C18H19N3O/c1-2-18(22)21-14-8-4-3-7-13(14)11-12-17-19-15-9-5-6-10-16(15)20-17/h3-10H,2,11-12H2,1H3,(H,19,20)(H,21,22). The third-order valence-electron chi connectivity index (χ3n) is 3.68. The van der Waals surface area contributed by atoms with Crippen molar-refractivity contribution in [3.8, 4) is 0 Å². The summed E-state index contributed by atoms with van der Waals surface area (Å²) < 4.78 is 0. The van der Waals surface area contributed by atoms with Crippen LogP contribution in [0.2, 0.25) is 0 Å². The van der Waals surface area contributed by atoms with Gasteiger partial charge in [-0.15, -0.1) is 0 Å². The molecule has 0 fully saturated rings. The van der Waals surface area contributed by atoms with Crippen LogP contribution in [0.15, 0.2) is 48.5 Å². The summed E-state index contributed by atoms with van der Waals surface area (Å²) in [6.45, 7) is 1.85. The Kier molecular flexibility index (Phi) is 4.19. The van der Waals surface area contributed by atoms with Gasteiger partial charge in [-0.3, -0.25) is 4.79 Å². The molecule has 0 aliphatic carbocycles. The van der Waals surface area contributed by atoms with Crippen LogP contribution in [0.4, 0.5) is 5.69 Å². The van der Waals surface area contributed by atoms with E-state index in [1.165, 1.54) is 0 Å². The van der Waals surface area contributed by atoms with Gasteiger partial charge in [-0.25, -0.2) is 4.98 Å². The molecule has 0 saturated carbocycles. The third kappa shape index (κ3) is 3.17. The van der Waals surface area contributed by atoms with Crippen molar-refractivity contribution in [3.63, 3.8) is 0 Å². The van der Waals surface area contributed by atoms with Crippen LogP contribution in [0.5, 0.6) is 0 Å². The maximum Gasteiger partial charge on any atom is 0.224 e. The number of para-hydroxylation sites is 3. The minimum atomic E-state index is 0.0381. The fourth-order valence-electron chi connectivity index (χ4n) is 2.48. The molecule has 4 heteroatoms. The van der Waals surface area contributed by atoms with Crippen LogP contribution >= 0.6 is 0 Å². The number of fused-ring (bicyclic) bond motifs is 1. The zero-order valence-corrected chi connectivity index (χ0v) is 12.6. The molecule has 112 valence electrons. The van der Waals surface area contributed by atoms with Gasteiger partial charge in [0.1, 0.15) is 5.82 Å². The molecule has 22 heavy (non-hydrogen) atoms. The predicted molar refractivity (Wildman–Crippen MR) is 88.9 cm³/mol. The van der Waals surface area contributed by atoms with E-state index in [0.29, 0.717) is 6.42 Å². The molecule has 2 N–H and O–H groups in total. The quantitative estimate of drug-likeness (QED) is 0.753. The summed E-state index contributed by atoms with van der Waals surface area (Å²) in [5.41, 5.74) is 4.07. The zero-order chi connectivity index (χ0) is 15.4. The highest BCUT2D eigenvalue weighted by molar-refractivity contribution is 5.91. The number of carbonyl (C=O) groups is 1. The molecule has 0 aliphatic rings. The van der Waals surface area contributed by atoms with Crippen molar-refractivity contribution in [2.45, 2.75) is 26.2 Å². The molecule has 0 unspecified atom stereocenters. The van der Waals surface area contributed by atoms with Crippen molar-refractivity contribution in [3.05, 3.63) is 59.9 Å². The van der Waals surface area contributed by atoms with Crippen molar-refractivity contribution in [1.29, 1.82) is 0 Å². The number of anilines is 1. The van der Waals surface area contributed by atoms with Crippen molar-refractivity contribution >= 4 is 22.6 Å². The topological polar surface area (TPSA) is 57.8 Å². The Hall–Kier alpha value is -2.62. The molecule has 1 heterocycles. The molecule has 3 rings (SSSR count). The summed E-state index contributed by atoms with van der Waals surface area (Å²) in [4.78, 5) is 19.5. The Morgan fingerprint density at radius 1 is 1.09 bits per heavy atom. The largest absolute Gasteiger partial charge is 0.342 e. The number of benzene rings is 2. The van der Waals surface area contributed by atoms with E-state index in [4.69, 9.17) is 0 Å². The van der Waals surface area contributed by atoms with E-state index in [-0.39, 0.29) is 5.91 Å². The number of rotatable bonds is 5. The number of imidazole rings is 1. The first-order valence-electron chi connectivity index (χ1n) is 7.57. The second-order valence-corrected chi connectivity index (χ2v) is 5.26. The van der Waals surface area contributed by atoms with Gasteiger partial charge >= 0.3 is 0 Å². The predicted octanol–water partition coefficient (Wildman–Crippen LogP) is 3.70. The number of aryl methyl sites for hydroxylation is 2. The number of aromatic nitrogens is 2. The molecule has 2 aromatic carbocycles. The number of H-pyrrole nitrogens is 1. The lowest BCUT2D eigenvalue weighted by atomic mass is 10.1. The number of nitrogens with one attached hydrogen (secondary N) is 2. The lowest BCUT2D eigenvalue weighted by Crippen LogP contribution is -2.11. The van der Waals surface area contributed by atoms with Crippen LogP contribution in [0.3, 0.4) is 0 Å². The van der Waals surface area contributed by atoms with Gasteiger partial charge in [0.2, 0.25) is 5.91 Å². The first-order chi connectivity index (χ1) is 10.8. The maximum atomic E-state index is 11.6. The van der Waals surface area contributed by atoms with E-state index in [0.717, 1.165) is 41.0 Å². The minimum absolute atomic E-state index is 0.0381. The van der Waals surface area contributed by atoms with Crippen molar-refractivity contribution in [1.82, 2.24) is 9.97 Å². The van der Waals surface area contributed by atoms with E-state index >= 15 is 0 Å². The molecule has 0 saturated heterocycles. The molecular weight excluding hydrogens is 274 g/mol. The van der Waals surface area contributed by atoms with E-state index in [9.17, 15) is 4.79 Å². The number of amides is 1. The van der Waals surface area contributed by atoms with Gasteiger partial charge in [-0.05, 0) is 30.2 Å². The van der Waals surface area contributed by atoms with Crippen LogP contribution in [-0.2, 0) is 17.6 Å². The van der Waals surface area contributed by atoms with Crippen LogP contribution in [0.25, 0.3) is 11.0 Å². The summed E-state index contributed by atoms with van der Waals surface area (Å²) in [6.07, 6.45) is 2.13. The molecular formula is C18H19N3O. The van der Waals surface area contributed by atoms with Gasteiger partial charge < -0.3 is 10.3 Å². The van der Waals surface area contributed by atoms with E-state index in [1.807, 2.05) is 55.5 Å². The van der Waals surface area contributed by atoms with Crippen LogP contribution in [0, 0.1) is 0 Å². The maximum absolute atomic E-state index is 11.6. The van der Waals surface area contributed by atoms with Crippen LogP contribution < -0.4 is 5.32 Å². The van der Waals surface area contributed by atoms with Gasteiger partial charge in [0.15, 0.2) is 0 Å². The number of carbonyl (C=O) groups excluding carboxylic acids is 1. The molecule has 0 atom stereocenters. The molecule has 1 amide bonds. The van der Waals surface area contributed by atoms with E-state index in [2.05, 4.69) is 15.3 Å². The van der Waals surface area contributed by atoms with Gasteiger partial charge in [-0.2, -0.15) is 0 Å². The molecule has 0 aliphatic heterocycles. The van der Waals surface area contributed by atoms with Crippen LogP contribution in [0.1, 0.15) is 24.7 Å². The Morgan fingerprint density at radius 3 is 2.68 bits per heavy atom. The average Bonchev–Trinajstić information content (AvgIpc) is 2.96. The first kappa shape index (κ1) is 14.3. The molecule has 0 bridgehead atoms. The number of nitrogens with zero attached hydrogens (tertiary/aromatic N) is 1. The fraction of sp³-hybridized carbons (Fsp3) is 0.222. The monoisotopic (exact) mass is 293 g/mol. The Balaban J connectivity index is 1.74. The highest BCUT2D eigenvalue weighted by atomic mass is 16.1. The average molecular weight is 293 g/mol. The van der Waals surface area contributed by atoms with Gasteiger partial charge in [-0.1, -0.05) is 37.3 Å². The molecule has 3 aromatic rings. The molecule has 0 spiro atoms. The first-order valence-corrected chi connectivity index (χ1v) is 7.57. The summed E-state index contributed by atoms with van der Waals surface area (Å²) in [5, 5.41) is 2.95.